The molecule has 1 amide bonds. The predicted molar refractivity (Wildman–Crippen MR) is 192 cm³/mol. The van der Waals surface area contributed by atoms with E-state index in [0.29, 0.717) is 31.2 Å². The van der Waals surface area contributed by atoms with Crippen LogP contribution in [0.2, 0.25) is 0 Å². The molecule has 1 N–H and O–H groups in total. The first-order valence-corrected chi connectivity index (χ1v) is 16.7. The summed E-state index contributed by atoms with van der Waals surface area (Å²) in [6.45, 7) is 1.86. The fourth-order valence-electron chi connectivity index (χ4n) is 6.34. The largest absolute Gasteiger partial charge is 0.497 e. The molecule has 0 aliphatic carbocycles. The normalized spacial score (nSPS) is 14.3. The number of ether oxygens (including phenoxy) is 4. The minimum atomic E-state index is -0.311. The smallest absolute Gasteiger partial charge is 0.410 e. The van der Waals surface area contributed by atoms with Gasteiger partial charge in [-0.05, 0) is 73.0 Å². The van der Waals surface area contributed by atoms with Gasteiger partial charge in [-0.15, -0.1) is 0 Å². The van der Waals surface area contributed by atoms with Crippen molar-refractivity contribution in [2.45, 2.75) is 31.9 Å². The van der Waals surface area contributed by atoms with Crippen molar-refractivity contribution in [3.63, 3.8) is 0 Å². The fraction of sp³-hybridized carbons (Fsp3) is 0.225. The number of likely N-dealkylation sites (tertiary alicyclic amines) is 1. The SMILES string of the molecule is COc1ccc(CNc2nccc3c([C@@H]4CCCN(C(=O)OCc5ccccc5)C4)nn(-c4ccc(Oc5ccccc5)cc4)c23)c(OC)c1. The van der Waals surface area contributed by atoms with Gasteiger partial charge in [-0.1, -0.05) is 48.5 Å². The van der Waals surface area contributed by atoms with E-state index >= 15 is 0 Å². The van der Waals surface area contributed by atoms with E-state index in [1.165, 1.54) is 0 Å². The zero-order valence-corrected chi connectivity index (χ0v) is 28.1. The molecule has 1 saturated heterocycles. The molecular formula is C40H39N5O5. The number of carbonyl (C=O) groups is 1. The first-order chi connectivity index (χ1) is 24.6. The van der Waals surface area contributed by atoms with Gasteiger partial charge >= 0.3 is 6.09 Å². The molecule has 254 valence electrons. The van der Waals surface area contributed by atoms with Crippen molar-refractivity contribution in [3.05, 3.63) is 132 Å². The number of hydrogen-bond donors (Lipinski definition) is 1. The lowest BCUT2D eigenvalue weighted by Gasteiger charge is -2.31. The van der Waals surface area contributed by atoms with Crippen LogP contribution in [-0.4, -0.2) is 53.1 Å². The highest BCUT2D eigenvalue weighted by Crippen LogP contribution is 2.36. The van der Waals surface area contributed by atoms with E-state index in [2.05, 4.69) is 5.32 Å². The van der Waals surface area contributed by atoms with E-state index in [1.54, 1.807) is 25.3 Å². The Morgan fingerprint density at radius 1 is 0.860 bits per heavy atom. The van der Waals surface area contributed by atoms with E-state index in [1.807, 2.05) is 114 Å². The maximum absolute atomic E-state index is 13.2. The predicted octanol–water partition coefficient (Wildman–Crippen LogP) is 8.36. The van der Waals surface area contributed by atoms with Crippen LogP contribution in [0.15, 0.2) is 115 Å². The number of para-hydroxylation sites is 1. The van der Waals surface area contributed by atoms with Crippen molar-refractivity contribution in [3.8, 4) is 28.7 Å². The summed E-state index contributed by atoms with van der Waals surface area (Å²) in [6.07, 6.45) is 3.23. The standard InChI is InChI=1S/C40H39N5O5/c1-47-34-18-15-29(36(24-34)48-2)25-42-39-38-35(21-22-41-39)37(30-12-9-23-44(26-30)40(46)49-27-28-10-5-3-6-11-28)43-45(38)31-16-19-33(20-17-31)50-32-13-7-4-8-14-32/h3-8,10-11,13-22,24,30H,9,12,23,25-27H2,1-2H3,(H,41,42)/t30-/m1/s1. The maximum Gasteiger partial charge on any atom is 0.410 e. The lowest BCUT2D eigenvalue weighted by Crippen LogP contribution is -2.39. The first-order valence-electron chi connectivity index (χ1n) is 16.7. The number of carbonyl (C=O) groups excluding carboxylic acids is 1. The number of hydrogen-bond acceptors (Lipinski definition) is 8. The number of nitrogens with one attached hydrogen (secondary N) is 1. The molecule has 1 aliphatic rings. The molecule has 2 aromatic heterocycles. The Morgan fingerprint density at radius 3 is 2.36 bits per heavy atom. The molecule has 0 spiro atoms. The molecule has 50 heavy (non-hydrogen) atoms. The molecule has 4 aromatic carbocycles. The van der Waals surface area contributed by atoms with Crippen LogP contribution in [0.25, 0.3) is 16.6 Å². The van der Waals surface area contributed by atoms with Crippen LogP contribution in [0.1, 0.15) is 35.6 Å². The number of nitrogens with zero attached hydrogens (tertiary/aromatic N) is 4. The van der Waals surface area contributed by atoms with E-state index in [9.17, 15) is 4.79 Å². The molecule has 0 saturated carbocycles. The van der Waals surface area contributed by atoms with Gasteiger partial charge in [0.15, 0.2) is 5.82 Å². The van der Waals surface area contributed by atoms with Crippen LogP contribution in [0.5, 0.6) is 23.0 Å². The molecule has 3 heterocycles. The summed E-state index contributed by atoms with van der Waals surface area (Å²) in [7, 11) is 3.28. The number of pyridine rings is 1. The number of anilines is 1. The molecule has 7 rings (SSSR count). The van der Waals surface area contributed by atoms with Crippen LogP contribution >= 0.6 is 0 Å². The lowest BCUT2D eigenvalue weighted by atomic mass is 9.93. The van der Waals surface area contributed by atoms with E-state index < -0.39 is 0 Å². The third-order valence-electron chi connectivity index (χ3n) is 8.89. The number of methoxy groups -OCH3 is 2. The van der Waals surface area contributed by atoms with Crippen LogP contribution < -0.4 is 19.5 Å². The highest BCUT2D eigenvalue weighted by molar-refractivity contribution is 5.92. The van der Waals surface area contributed by atoms with Crippen molar-refractivity contribution in [2.75, 3.05) is 32.6 Å². The Hall–Kier alpha value is -6.03. The van der Waals surface area contributed by atoms with Crippen molar-refractivity contribution >= 4 is 22.8 Å². The molecule has 1 atom stereocenters. The Labute approximate surface area is 291 Å². The van der Waals surface area contributed by atoms with Gasteiger partial charge in [-0.2, -0.15) is 5.10 Å². The maximum atomic E-state index is 13.2. The molecule has 1 fully saturated rings. The molecule has 0 unspecified atom stereocenters. The highest BCUT2D eigenvalue weighted by Gasteiger charge is 2.30. The summed E-state index contributed by atoms with van der Waals surface area (Å²) in [5, 5.41) is 9.75. The van der Waals surface area contributed by atoms with Gasteiger partial charge in [0.05, 0.1) is 25.6 Å². The highest BCUT2D eigenvalue weighted by atomic mass is 16.6. The summed E-state index contributed by atoms with van der Waals surface area (Å²) < 4.78 is 24.7. The zero-order chi connectivity index (χ0) is 34.3. The monoisotopic (exact) mass is 669 g/mol. The average molecular weight is 670 g/mol. The summed E-state index contributed by atoms with van der Waals surface area (Å²) in [5.41, 5.74) is 4.53. The topological polar surface area (TPSA) is 100.0 Å². The second-order valence-corrected chi connectivity index (χ2v) is 12.1. The Balaban J connectivity index is 1.20. The number of aromatic nitrogens is 3. The van der Waals surface area contributed by atoms with Gasteiger partial charge < -0.3 is 29.2 Å². The van der Waals surface area contributed by atoms with Crippen molar-refractivity contribution < 1.29 is 23.7 Å². The molecule has 6 aromatic rings. The van der Waals surface area contributed by atoms with Gasteiger partial charge in [0.1, 0.15) is 35.1 Å². The second-order valence-electron chi connectivity index (χ2n) is 12.1. The summed E-state index contributed by atoms with van der Waals surface area (Å²) >= 11 is 0. The van der Waals surface area contributed by atoms with Gasteiger partial charge in [-0.25, -0.2) is 14.5 Å². The Bertz CT molecular complexity index is 2050. The minimum Gasteiger partial charge on any atom is -0.497 e. The first kappa shape index (κ1) is 32.5. The van der Waals surface area contributed by atoms with Crippen LogP contribution in [0.3, 0.4) is 0 Å². The minimum absolute atomic E-state index is 0.00870. The van der Waals surface area contributed by atoms with E-state index in [-0.39, 0.29) is 18.6 Å². The molecular weight excluding hydrogens is 630 g/mol. The summed E-state index contributed by atoms with van der Waals surface area (Å²) in [6, 6.07) is 35.1. The fourth-order valence-corrected chi connectivity index (χ4v) is 6.34. The third-order valence-corrected chi connectivity index (χ3v) is 8.89. The number of rotatable bonds is 11. The number of piperidine rings is 1. The quantitative estimate of drug-likeness (QED) is 0.147. The molecule has 10 nitrogen and oxygen atoms in total. The van der Waals surface area contributed by atoms with Crippen molar-refractivity contribution in [2.24, 2.45) is 0 Å². The molecule has 0 radical (unpaired) electrons. The number of amides is 1. The van der Waals surface area contributed by atoms with Crippen molar-refractivity contribution in [1.29, 1.82) is 0 Å². The Morgan fingerprint density at radius 2 is 1.60 bits per heavy atom. The number of benzene rings is 4. The zero-order valence-electron chi connectivity index (χ0n) is 28.1. The summed E-state index contributed by atoms with van der Waals surface area (Å²) in [4.78, 5) is 19.8. The van der Waals surface area contributed by atoms with E-state index in [0.717, 1.165) is 63.5 Å². The van der Waals surface area contributed by atoms with Crippen LogP contribution in [0.4, 0.5) is 10.6 Å². The van der Waals surface area contributed by atoms with Gasteiger partial charge in [-0.3, -0.25) is 0 Å². The third kappa shape index (κ3) is 7.19. The lowest BCUT2D eigenvalue weighted by molar-refractivity contribution is 0.0856. The van der Waals surface area contributed by atoms with Gasteiger partial charge in [0.25, 0.3) is 0 Å². The van der Waals surface area contributed by atoms with Crippen LogP contribution in [-0.2, 0) is 17.9 Å². The second kappa shape index (κ2) is 15.0. The Kier molecular flexibility index (Phi) is 9.77. The van der Waals surface area contributed by atoms with Gasteiger partial charge in [0.2, 0.25) is 0 Å². The van der Waals surface area contributed by atoms with Crippen molar-refractivity contribution in [1.82, 2.24) is 19.7 Å². The number of fused-ring (bicyclic) bond motifs is 1. The summed E-state index contributed by atoms with van der Waals surface area (Å²) in [5.74, 6) is 3.61. The average Bonchev–Trinajstić information content (AvgIpc) is 3.57. The molecule has 1 aliphatic heterocycles. The van der Waals surface area contributed by atoms with Crippen LogP contribution in [0, 0.1) is 0 Å². The van der Waals surface area contributed by atoms with E-state index in [4.69, 9.17) is 29.0 Å². The van der Waals surface area contributed by atoms with Gasteiger partial charge in [0, 0.05) is 48.8 Å². The molecule has 0 bridgehead atoms. The molecule has 10 heteroatoms.